The maximum Gasteiger partial charge on any atom is 0.335 e. The average molecular weight is 251 g/mol. The van der Waals surface area contributed by atoms with Crippen LogP contribution >= 0.6 is 0 Å². The summed E-state index contributed by atoms with van der Waals surface area (Å²) in [6, 6.07) is 5.92. The third-order valence-corrected chi connectivity index (χ3v) is 2.37. The largest absolute Gasteiger partial charge is 0.478 e. The molecule has 0 spiro atoms. The van der Waals surface area contributed by atoms with E-state index in [-0.39, 0.29) is 17.6 Å². The lowest BCUT2D eigenvalue weighted by Gasteiger charge is -2.12. The molecular weight excluding hydrogens is 234 g/mol. The van der Waals surface area contributed by atoms with Gasteiger partial charge in [0.15, 0.2) is 0 Å². The highest BCUT2D eigenvalue weighted by atomic mass is 16.5. The first-order chi connectivity index (χ1) is 8.54. The molecule has 1 aromatic rings. The molecule has 0 aliphatic heterocycles. The van der Waals surface area contributed by atoms with Crippen LogP contribution in [0, 0.1) is 0 Å². The van der Waals surface area contributed by atoms with Gasteiger partial charge in [-0.15, -0.1) is 0 Å². The lowest BCUT2D eigenvalue weighted by Crippen LogP contribution is -2.32. The Labute approximate surface area is 106 Å². The third-order valence-electron chi connectivity index (χ3n) is 2.37. The van der Waals surface area contributed by atoms with E-state index in [4.69, 9.17) is 9.84 Å². The van der Waals surface area contributed by atoms with E-state index in [9.17, 15) is 9.59 Å². The van der Waals surface area contributed by atoms with Crippen molar-refractivity contribution < 1.29 is 19.4 Å². The van der Waals surface area contributed by atoms with Crippen LogP contribution in [0.3, 0.4) is 0 Å². The maximum atomic E-state index is 11.8. The minimum atomic E-state index is -1.05. The van der Waals surface area contributed by atoms with Crippen LogP contribution in [0.4, 0.5) is 0 Å². The zero-order chi connectivity index (χ0) is 13.5. The lowest BCUT2D eigenvalue weighted by atomic mass is 10.1. The van der Waals surface area contributed by atoms with Gasteiger partial charge < -0.3 is 15.2 Å². The number of carbonyl (C=O) groups excluding carboxylic acids is 1. The summed E-state index contributed by atoms with van der Waals surface area (Å²) in [6.07, 6.45) is -0.0680. The van der Waals surface area contributed by atoms with E-state index in [0.717, 1.165) is 0 Å². The Hall–Kier alpha value is -1.88. The summed E-state index contributed by atoms with van der Waals surface area (Å²) >= 11 is 0. The molecule has 1 amide bonds. The molecule has 18 heavy (non-hydrogen) atoms. The molecule has 2 N–H and O–H groups in total. The molecule has 0 fully saturated rings. The van der Waals surface area contributed by atoms with Crippen LogP contribution in [-0.4, -0.2) is 36.2 Å². The Morgan fingerprint density at radius 2 is 2.06 bits per heavy atom. The summed E-state index contributed by atoms with van der Waals surface area (Å²) in [4.78, 5) is 22.5. The number of benzene rings is 1. The number of amides is 1. The van der Waals surface area contributed by atoms with Crippen LogP contribution < -0.4 is 5.32 Å². The maximum absolute atomic E-state index is 11.8. The second-order valence-corrected chi connectivity index (χ2v) is 3.86. The van der Waals surface area contributed by atoms with Gasteiger partial charge in [0.05, 0.1) is 11.7 Å². The van der Waals surface area contributed by atoms with Crippen LogP contribution in [0.1, 0.15) is 34.6 Å². The lowest BCUT2D eigenvalue weighted by molar-refractivity contribution is 0.0692. The van der Waals surface area contributed by atoms with Crippen molar-refractivity contribution >= 4 is 11.9 Å². The molecule has 1 aromatic carbocycles. The van der Waals surface area contributed by atoms with E-state index in [0.29, 0.717) is 18.7 Å². The molecule has 98 valence electrons. The van der Waals surface area contributed by atoms with Crippen molar-refractivity contribution in [3.05, 3.63) is 35.4 Å². The van der Waals surface area contributed by atoms with Gasteiger partial charge in [0.25, 0.3) is 5.91 Å². The van der Waals surface area contributed by atoms with Crippen LogP contribution in [0.15, 0.2) is 24.3 Å². The number of carboxylic acids is 1. The molecule has 0 heterocycles. The van der Waals surface area contributed by atoms with Gasteiger partial charge in [0, 0.05) is 18.7 Å². The van der Waals surface area contributed by atoms with Crippen molar-refractivity contribution in [1.29, 1.82) is 0 Å². The van der Waals surface area contributed by atoms with Crippen LogP contribution in [0.5, 0.6) is 0 Å². The van der Waals surface area contributed by atoms with Crippen LogP contribution in [0.25, 0.3) is 0 Å². The fraction of sp³-hybridized carbons (Fsp3) is 0.385. The minimum Gasteiger partial charge on any atom is -0.478 e. The first kappa shape index (κ1) is 14.2. The minimum absolute atomic E-state index is 0.0680. The Kier molecular flexibility index (Phi) is 5.32. The predicted octanol–water partition coefficient (Wildman–Crippen LogP) is 1.54. The number of hydrogen-bond donors (Lipinski definition) is 2. The smallest absolute Gasteiger partial charge is 0.335 e. The van der Waals surface area contributed by atoms with Gasteiger partial charge >= 0.3 is 5.97 Å². The monoisotopic (exact) mass is 251 g/mol. The Balaban J connectivity index is 2.61. The van der Waals surface area contributed by atoms with E-state index < -0.39 is 5.97 Å². The number of carboxylic acid groups (broad SMARTS) is 1. The Morgan fingerprint density at radius 3 is 2.67 bits per heavy atom. The SMILES string of the molecule is CCOC(C)CNC(=O)c1cccc(C(=O)O)c1. The van der Waals surface area contributed by atoms with E-state index >= 15 is 0 Å². The Morgan fingerprint density at radius 1 is 1.39 bits per heavy atom. The fourth-order valence-electron chi connectivity index (χ4n) is 1.48. The van der Waals surface area contributed by atoms with Gasteiger partial charge in [-0.2, -0.15) is 0 Å². The number of rotatable bonds is 6. The first-order valence-corrected chi connectivity index (χ1v) is 5.77. The summed E-state index contributed by atoms with van der Waals surface area (Å²) in [5.41, 5.74) is 0.430. The molecule has 1 atom stereocenters. The van der Waals surface area contributed by atoms with Gasteiger partial charge in [-0.25, -0.2) is 4.79 Å². The highest BCUT2D eigenvalue weighted by Crippen LogP contribution is 2.05. The molecule has 5 heteroatoms. The zero-order valence-electron chi connectivity index (χ0n) is 10.5. The van der Waals surface area contributed by atoms with Gasteiger partial charge in [0.2, 0.25) is 0 Å². The third kappa shape index (κ3) is 4.18. The number of nitrogens with one attached hydrogen (secondary N) is 1. The topological polar surface area (TPSA) is 75.6 Å². The zero-order valence-corrected chi connectivity index (χ0v) is 10.5. The summed E-state index contributed by atoms with van der Waals surface area (Å²) < 4.78 is 5.28. The van der Waals surface area contributed by atoms with Crippen molar-refractivity contribution in [1.82, 2.24) is 5.32 Å². The number of hydrogen-bond acceptors (Lipinski definition) is 3. The molecular formula is C13H17NO4. The second-order valence-electron chi connectivity index (χ2n) is 3.86. The second kappa shape index (κ2) is 6.76. The molecule has 0 saturated heterocycles. The number of carbonyl (C=O) groups is 2. The first-order valence-electron chi connectivity index (χ1n) is 5.77. The molecule has 0 aromatic heterocycles. The van der Waals surface area contributed by atoms with Crippen molar-refractivity contribution in [3.8, 4) is 0 Å². The van der Waals surface area contributed by atoms with Gasteiger partial charge in [0.1, 0.15) is 0 Å². The van der Waals surface area contributed by atoms with E-state index in [2.05, 4.69) is 5.32 Å². The Bertz CT molecular complexity index is 431. The van der Waals surface area contributed by atoms with Gasteiger partial charge in [-0.05, 0) is 32.0 Å². The number of ether oxygens (including phenoxy) is 1. The van der Waals surface area contributed by atoms with E-state index in [1.165, 1.54) is 12.1 Å². The fourth-order valence-corrected chi connectivity index (χ4v) is 1.48. The van der Waals surface area contributed by atoms with Crippen molar-refractivity contribution in [2.45, 2.75) is 20.0 Å². The van der Waals surface area contributed by atoms with E-state index in [1.807, 2.05) is 13.8 Å². The van der Waals surface area contributed by atoms with Crippen LogP contribution in [0.2, 0.25) is 0 Å². The summed E-state index contributed by atoms with van der Waals surface area (Å²) in [6.45, 7) is 4.72. The predicted molar refractivity (Wildman–Crippen MR) is 66.8 cm³/mol. The molecule has 0 saturated carbocycles. The molecule has 5 nitrogen and oxygen atoms in total. The quantitative estimate of drug-likeness (QED) is 0.804. The van der Waals surface area contributed by atoms with Crippen molar-refractivity contribution in [2.75, 3.05) is 13.2 Å². The molecule has 0 radical (unpaired) electrons. The highest BCUT2D eigenvalue weighted by molar-refractivity contribution is 5.97. The molecule has 1 rings (SSSR count). The molecule has 0 aliphatic rings. The standard InChI is InChI=1S/C13H17NO4/c1-3-18-9(2)8-14-12(15)10-5-4-6-11(7-10)13(16)17/h4-7,9H,3,8H2,1-2H3,(H,14,15)(H,16,17). The summed E-state index contributed by atoms with van der Waals surface area (Å²) in [5.74, 6) is -1.35. The average Bonchev–Trinajstić information content (AvgIpc) is 2.36. The summed E-state index contributed by atoms with van der Waals surface area (Å²) in [7, 11) is 0. The van der Waals surface area contributed by atoms with Gasteiger partial charge in [-0.1, -0.05) is 6.07 Å². The normalized spacial score (nSPS) is 11.9. The van der Waals surface area contributed by atoms with Gasteiger partial charge in [-0.3, -0.25) is 4.79 Å². The highest BCUT2D eigenvalue weighted by Gasteiger charge is 2.10. The molecule has 1 unspecified atom stereocenters. The van der Waals surface area contributed by atoms with Crippen molar-refractivity contribution in [2.24, 2.45) is 0 Å². The van der Waals surface area contributed by atoms with Crippen molar-refractivity contribution in [3.63, 3.8) is 0 Å². The van der Waals surface area contributed by atoms with E-state index in [1.54, 1.807) is 12.1 Å². The summed E-state index contributed by atoms with van der Waals surface area (Å²) in [5, 5.41) is 11.5. The molecule has 0 aliphatic carbocycles. The molecule has 0 bridgehead atoms. The number of aromatic carboxylic acids is 1. The van der Waals surface area contributed by atoms with Crippen LogP contribution in [-0.2, 0) is 4.74 Å².